The van der Waals surface area contributed by atoms with Gasteiger partial charge < -0.3 is 19.3 Å². The Kier molecular flexibility index (Phi) is 17.2. The van der Waals surface area contributed by atoms with E-state index in [4.69, 9.17) is 17.5 Å². The van der Waals surface area contributed by atoms with Gasteiger partial charge in [-0.1, -0.05) is 103 Å². The van der Waals surface area contributed by atoms with Crippen LogP contribution >= 0.6 is 0 Å². The quantitative estimate of drug-likeness (QED) is 0.0943. The van der Waals surface area contributed by atoms with Crippen LogP contribution in [0.2, 0.25) is 0 Å². The highest BCUT2D eigenvalue weighted by Crippen LogP contribution is 2.69. The summed E-state index contributed by atoms with van der Waals surface area (Å²) in [6, 6.07) is 14.3. The van der Waals surface area contributed by atoms with Crippen molar-refractivity contribution in [3.05, 3.63) is 84.5 Å². The summed E-state index contributed by atoms with van der Waals surface area (Å²) in [4.78, 5) is 0. The summed E-state index contributed by atoms with van der Waals surface area (Å²) in [5.41, 5.74) is 4.50. The summed E-state index contributed by atoms with van der Waals surface area (Å²) in [6.07, 6.45) is 43.5. The smallest absolute Gasteiger partial charge is 0.169 e. The average molecular weight is 1030 g/mol. The molecule has 2 heterocycles. The zero-order valence-electron chi connectivity index (χ0n) is 47.2. The van der Waals surface area contributed by atoms with Gasteiger partial charge in [-0.2, -0.15) is 0 Å². The second-order valence-corrected chi connectivity index (χ2v) is 29.0. The van der Waals surface area contributed by atoms with Crippen molar-refractivity contribution in [3.63, 3.8) is 0 Å². The summed E-state index contributed by atoms with van der Waals surface area (Å²) < 4.78 is 39.0. The van der Waals surface area contributed by atoms with E-state index in [1.165, 1.54) is 128 Å². The Labute approximate surface area is 444 Å². The molecule has 9 heteroatoms. The molecule has 0 aliphatic heterocycles. The standard InChI is InChI=1S/2C32H50NO.H2O4S/c2*1-23(10-9-17-30(2,3)34)27-13-14-28-26-12-11-24-22-25(33-20-7-6-8-21-33)15-18-31(24,4)29(26)16-19-32(27,28)5;1-5(2,3)4/h2*6-8,11,20-21,23,25-29,34H,9-10,12-19,22H2,1-5H3;(H2,1,2,3,4)/q2*+1;/p-2/t2*23?,25-,26-,27+,28-,29-,31-,32+;/m00./s1. The van der Waals surface area contributed by atoms with E-state index in [1.807, 2.05) is 27.7 Å². The van der Waals surface area contributed by atoms with Crippen molar-refractivity contribution in [1.82, 2.24) is 0 Å². The Morgan fingerprint density at radius 1 is 0.562 bits per heavy atom. The number of pyridine rings is 2. The van der Waals surface area contributed by atoms with Crippen LogP contribution in [-0.2, 0) is 10.4 Å². The zero-order chi connectivity index (χ0) is 52.8. The van der Waals surface area contributed by atoms with Gasteiger partial charge in [-0.05, 0) is 198 Å². The maximum atomic E-state index is 10.2. The molecular weight excluding hydrogens is 925 g/mol. The fourth-order valence-electron chi connectivity index (χ4n) is 19.2. The van der Waals surface area contributed by atoms with Gasteiger partial charge in [-0.25, -0.2) is 9.13 Å². The van der Waals surface area contributed by atoms with Crippen molar-refractivity contribution in [3.8, 4) is 0 Å². The van der Waals surface area contributed by atoms with Gasteiger partial charge in [0.2, 0.25) is 0 Å². The minimum Gasteiger partial charge on any atom is -0.759 e. The number of hydrogen-bond acceptors (Lipinski definition) is 6. The van der Waals surface area contributed by atoms with Crippen LogP contribution in [0.25, 0.3) is 0 Å². The van der Waals surface area contributed by atoms with Gasteiger partial charge in [0, 0.05) is 60.3 Å². The molecule has 0 radical (unpaired) electrons. The lowest BCUT2D eigenvalue weighted by atomic mass is 9.47. The lowest BCUT2D eigenvalue weighted by molar-refractivity contribution is -0.725. The van der Waals surface area contributed by atoms with Crippen molar-refractivity contribution >= 4 is 10.4 Å². The Morgan fingerprint density at radius 2 is 0.918 bits per heavy atom. The molecule has 8 aliphatic rings. The number of aromatic nitrogens is 2. The van der Waals surface area contributed by atoms with Crippen LogP contribution in [0.15, 0.2) is 84.5 Å². The molecule has 6 fully saturated rings. The summed E-state index contributed by atoms with van der Waals surface area (Å²) in [5, 5.41) is 20.3. The van der Waals surface area contributed by atoms with Gasteiger partial charge in [0.1, 0.15) is 0 Å². The maximum absolute atomic E-state index is 10.2. The van der Waals surface area contributed by atoms with Crippen LogP contribution in [-0.4, -0.2) is 38.9 Å². The topological polar surface area (TPSA) is 128 Å². The molecule has 0 amide bonds. The minimum atomic E-state index is -5.17. The first-order chi connectivity index (χ1) is 34.2. The summed E-state index contributed by atoms with van der Waals surface area (Å²) in [5.74, 6) is 8.78. The molecule has 16 atom stereocenters. The molecule has 408 valence electrons. The van der Waals surface area contributed by atoms with Crippen LogP contribution in [0.5, 0.6) is 0 Å². The maximum Gasteiger partial charge on any atom is 0.169 e. The highest BCUT2D eigenvalue weighted by Gasteiger charge is 2.61. The van der Waals surface area contributed by atoms with Crippen molar-refractivity contribution in [2.75, 3.05) is 0 Å². The van der Waals surface area contributed by atoms with E-state index >= 15 is 0 Å². The SMILES string of the molecule is CC(CCCC(C)(C)O)[C@H]1CC[C@H]2[C@@H]3CC=C4C[C@@H]([n+]5ccccc5)CC[C@]4(C)[C@H]3CC[C@]12C.CC(CCCC(C)(C)O)[C@H]1CC[C@H]2[C@@H]3CC=C4C[C@@H]([n+]5ccccc5)CC[C@]4(C)[C@H]3CC[C@]12C.O=S(=O)([O-])[O-]. The van der Waals surface area contributed by atoms with Crippen LogP contribution in [0.3, 0.4) is 0 Å². The molecule has 0 spiro atoms. The third-order valence-electron chi connectivity index (χ3n) is 22.9. The van der Waals surface area contributed by atoms with E-state index in [-0.39, 0.29) is 0 Å². The predicted molar refractivity (Wildman–Crippen MR) is 291 cm³/mol. The number of fused-ring (bicyclic) bond motifs is 10. The van der Waals surface area contributed by atoms with E-state index < -0.39 is 21.6 Å². The molecule has 6 saturated carbocycles. The number of aliphatic hydroxyl groups is 2. The molecule has 0 saturated heterocycles. The fraction of sp³-hybridized carbons (Fsp3) is 0.781. The molecule has 73 heavy (non-hydrogen) atoms. The molecule has 0 bridgehead atoms. The predicted octanol–water partition coefficient (Wildman–Crippen LogP) is 14.0. The Morgan fingerprint density at radius 3 is 1.26 bits per heavy atom. The highest BCUT2D eigenvalue weighted by molar-refractivity contribution is 7.79. The second kappa shape index (κ2) is 22.1. The number of nitrogens with zero attached hydrogens (tertiary/aromatic N) is 2. The van der Waals surface area contributed by atoms with Gasteiger partial charge in [-0.15, -0.1) is 0 Å². The lowest BCUT2D eigenvalue weighted by Crippen LogP contribution is -2.52. The molecule has 2 aromatic rings. The Balaban J connectivity index is 0.000000178. The highest BCUT2D eigenvalue weighted by atomic mass is 32.3. The fourth-order valence-corrected chi connectivity index (χ4v) is 19.2. The zero-order valence-corrected chi connectivity index (χ0v) is 48.1. The number of hydrogen-bond donors (Lipinski definition) is 2. The molecule has 10 rings (SSSR count). The molecule has 2 N–H and O–H groups in total. The Hall–Kier alpha value is -2.43. The first kappa shape index (κ1) is 56.8. The van der Waals surface area contributed by atoms with E-state index in [0.717, 1.165) is 72.0 Å². The molecule has 2 unspecified atom stereocenters. The van der Waals surface area contributed by atoms with Crippen molar-refractivity contribution in [1.29, 1.82) is 0 Å². The third-order valence-corrected chi connectivity index (χ3v) is 22.9. The molecule has 0 aromatic carbocycles. The van der Waals surface area contributed by atoms with Crippen molar-refractivity contribution < 1.29 is 36.9 Å². The number of rotatable bonds is 12. The first-order valence-corrected chi connectivity index (χ1v) is 31.0. The van der Waals surface area contributed by atoms with Gasteiger partial charge >= 0.3 is 0 Å². The number of allylic oxidation sites excluding steroid dienone is 4. The van der Waals surface area contributed by atoms with Crippen LogP contribution in [0, 0.1) is 80.8 Å². The van der Waals surface area contributed by atoms with E-state index in [9.17, 15) is 10.2 Å². The van der Waals surface area contributed by atoms with E-state index in [0.29, 0.717) is 33.7 Å². The largest absolute Gasteiger partial charge is 0.759 e. The van der Waals surface area contributed by atoms with Crippen LogP contribution in [0.4, 0.5) is 0 Å². The molecule has 8 nitrogen and oxygen atoms in total. The van der Waals surface area contributed by atoms with E-state index in [1.54, 1.807) is 11.1 Å². The van der Waals surface area contributed by atoms with Crippen LogP contribution in [0.1, 0.15) is 223 Å². The Bertz CT molecular complexity index is 2170. The molecule has 8 aliphatic carbocycles. The monoisotopic (exact) mass is 1020 g/mol. The molecular formula is C64H100N2O6S. The third kappa shape index (κ3) is 12.5. The summed E-state index contributed by atoms with van der Waals surface area (Å²) >= 11 is 0. The van der Waals surface area contributed by atoms with Crippen molar-refractivity contribution in [2.24, 2.45) is 80.8 Å². The van der Waals surface area contributed by atoms with Gasteiger partial charge in [0.05, 0.1) is 11.2 Å². The van der Waals surface area contributed by atoms with Gasteiger partial charge in [-0.3, -0.25) is 8.42 Å². The van der Waals surface area contributed by atoms with Gasteiger partial charge in [0.25, 0.3) is 0 Å². The normalized spacial score (nSPS) is 38.7. The van der Waals surface area contributed by atoms with Gasteiger partial charge in [0.15, 0.2) is 36.9 Å². The van der Waals surface area contributed by atoms with Crippen molar-refractivity contribution in [2.45, 2.75) is 234 Å². The second-order valence-electron chi connectivity index (χ2n) is 28.2. The lowest BCUT2D eigenvalue weighted by Gasteiger charge is -2.58. The summed E-state index contributed by atoms with van der Waals surface area (Å²) in [7, 11) is -5.17. The van der Waals surface area contributed by atoms with Crippen LogP contribution < -0.4 is 9.13 Å². The first-order valence-electron chi connectivity index (χ1n) is 29.7. The summed E-state index contributed by atoms with van der Waals surface area (Å²) in [6.45, 7) is 23.6. The minimum absolute atomic E-state index is 0.437. The molecule has 2 aromatic heterocycles. The van der Waals surface area contributed by atoms with E-state index in [2.05, 4.69) is 124 Å². The average Bonchev–Trinajstić information content (AvgIpc) is 3.87.